The molecule has 0 aromatic carbocycles. The lowest BCUT2D eigenvalue weighted by Gasteiger charge is -2.21. The van der Waals surface area contributed by atoms with Gasteiger partial charge in [0.05, 0.1) is 6.10 Å². The number of amides is 1. The van der Waals surface area contributed by atoms with E-state index in [1.54, 1.807) is 18.3 Å². The minimum Gasteiger partial charge on any atom is -0.480 e. The largest absolute Gasteiger partial charge is 0.480 e. The molecule has 20 heavy (non-hydrogen) atoms. The quantitative estimate of drug-likeness (QED) is 0.758. The van der Waals surface area contributed by atoms with Crippen molar-refractivity contribution in [2.75, 3.05) is 6.54 Å². The maximum atomic E-state index is 12.0. The normalized spacial score (nSPS) is 21.9. The molecule has 7 nitrogen and oxygen atoms in total. The fourth-order valence-electron chi connectivity index (χ4n) is 2.33. The van der Waals surface area contributed by atoms with E-state index >= 15 is 0 Å². The van der Waals surface area contributed by atoms with E-state index in [0.29, 0.717) is 0 Å². The van der Waals surface area contributed by atoms with Crippen molar-refractivity contribution in [1.29, 1.82) is 0 Å². The van der Waals surface area contributed by atoms with Gasteiger partial charge in [-0.25, -0.2) is 4.79 Å². The van der Waals surface area contributed by atoms with Crippen molar-refractivity contribution in [3.05, 3.63) is 34.7 Å². The van der Waals surface area contributed by atoms with Crippen LogP contribution < -0.4 is 5.56 Å². The maximum Gasteiger partial charge on any atom is 0.326 e. The second-order valence-corrected chi connectivity index (χ2v) is 4.77. The summed E-state index contributed by atoms with van der Waals surface area (Å²) >= 11 is 0. The van der Waals surface area contributed by atoms with E-state index in [1.807, 2.05) is 0 Å². The molecule has 1 saturated heterocycles. The summed E-state index contributed by atoms with van der Waals surface area (Å²) < 4.78 is 1.39. The molecule has 2 heterocycles. The standard InChI is InChI=1S/C13H16N2O5/c16-9-7-10(13(19)20)15(8-9)12(18)4-6-14-5-2-1-3-11(14)17/h1-3,5,9-10,16H,4,6-8H2,(H,19,20). The number of aliphatic carboxylic acids is 1. The van der Waals surface area contributed by atoms with Gasteiger partial charge in [0.2, 0.25) is 5.91 Å². The molecular formula is C13H16N2O5. The van der Waals surface area contributed by atoms with Gasteiger partial charge in [0.1, 0.15) is 6.04 Å². The number of aromatic nitrogens is 1. The maximum absolute atomic E-state index is 12.0. The lowest BCUT2D eigenvalue weighted by atomic mass is 10.2. The van der Waals surface area contributed by atoms with Crippen LogP contribution in [-0.4, -0.2) is 50.2 Å². The molecule has 2 atom stereocenters. The van der Waals surface area contributed by atoms with Crippen LogP contribution in [0.15, 0.2) is 29.2 Å². The Hall–Kier alpha value is -2.15. The minimum atomic E-state index is -1.12. The summed E-state index contributed by atoms with van der Waals surface area (Å²) in [6.07, 6.45) is 0.843. The number of aliphatic hydroxyl groups excluding tert-OH is 1. The number of aryl methyl sites for hydroxylation is 1. The average molecular weight is 280 g/mol. The number of pyridine rings is 1. The van der Waals surface area contributed by atoms with Crippen LogP contribution in [0.25, 0.3) is 0 Å². The van der Waals surface area contributed by atoms with Gasteiger partial charge in [0.15, 0.2) is 0 Å². The lowest BCUT2D eigenvalue weighted by Crippen LogP contribution is -2.41. The molecular weight excluding hydrogens is 264 g/mol. The molecule has 0 saturated carbocycles. The molecule has 1 aromatic heterocycles. The Kier molecular flexibility index (Phi) is 4.19. The SMILES string of the molecule is O=C(O)C1CC(O)CN1C(=O)CCn1ccccc1=O. The van der Waals surface area contributed by atoms with Crippen molar-refractivity contribution < 1.29 is 19.8 Å². The number of likely N-dealkylation sites (tertiary alicyclic amines) is 1. The molecule has 2 rings (SSSR count). The fourth-order valence-corrected chi connectivity index (χ4v) is 2.33. The van der Waals surface area contributed by atoms with Gasteiger partial charge in [-0.15, -0.1) is 0 Å². The van der Waals surface area contributed by atoms with Gasteiger partial charge in [0.25, 0.3) is 5.56 Å². The molecule has 1 amide bonds. The van der Waals surface area contributed by atoms with Crippen LogP contribution >= 0.6 is 0 Å². The Morgan fingerprint density at radius 1 is 1.35 bits per heavy atom. The molecule has 1 aromatic rings. The number of nitrogens with zero attached hydrogens (tertiary/aromatic N) is 2. The summed E-state index contributed by atoms with van der Waals surface area (Å²) in [7, 11) is 0. The van der Waals surface area contributed by atoms with Crippen molar-refractivity contribution in [2.24, 2.45) is 0 Å². The Labute approximate surface area is 115 Å². The van der Waals surface area contributed by atoms with Crippen molar-refractivity contribution in [3.63, 3.8) is 0 Å². The summed E-state index contributed by atoms with van der Waals surface area (Å²) in [6.45, 7) is 0.219. The molecule has 7 heteroatoms. The van der Waals surface area contributed by atoms with Crippen molar-refractivity contribution in [2.45, 2.75) is 31.5 Å². The highest BCUT2D eigenvalue weighted by Crippen LogP contribution is 2.19. The van der Waals surface area contributed by atoms with Crippen molar-refractivity contribution >= 4 is 11.9 Å². The number of β-amino-alcohol motifs (C(OH)–C–C–N with tert-alkyl or cyclic N) is 1. The van der Waals surface area contributed by atoms with E-state index in [0.717, 1.165) is 0 Å². The lowest BCUT2D eigenvalue weighted by molar-refractivity contribution is -0.148. The molecule has 0 bridgehead atoms. The minimum absolute atomic E-state index is 0.0273. The van der Waals surface area contributed by atoms with Crippen LogP contribution in [0.1, 0.15) is 12.8 Å². The molecule has 0 radical (unpaired) electrons. The number of hydrogen-bond donors (Lipinski definition) is 2. The molecule has 2 unspecified atom stereocenters. The summed E-state index contributed by atoms with van der Waals surface area (Å²) in [5.41, 5.74) is -0.212. The van der Waals surface area contributed by atoms with E-state index in [1.165, 1.54) is 15.5 Å². The molecule has 1 fully saturated rings. The van der Waals surface area contributed by atoms with Gasteiger partial charge in [-0.3, -0.25) is 9.59 Å². The topological polar surface area (TPSA) is 99.8 Å². The van der Waals surface area contributed by atoms with Crippen LogP contribution in [0.2, 0.25) is 0 Å². The van der Waals surface area contributed by atoms with Gasteiger partial charge in [0, 0.05) is 38.2 Å². The van der Waals surface area contributed by atoms with Crippen LogP contribution in [-0.2, 0) is 16.1 Å². The number of aliphatic hydroxyl groups is 1. The third kappa shape index (κ3) is 3.05. The predicted molar refractivity (Wildman–Crippen MR) is 69.1 cm³/mol. The predicted octanol–water partition coefficient (Wildman–Crippen LogP) is -0.715. The fraction of sp³-hybridized carbons (Fsp3) is 0.462. The molecule has 0 spiro atoms. The number of rotatable bonds is 4. The number of carbonyl (C=O) groups is 2. The highest BCUT2D eigenvalue weighted by atomic mass is 16.4. The van der Waals surface area contributed by atoms with Crippen molar-refractivity contribution in [3.8, 4) is 0 Å². The summed E-state index contributed by atoms with van der Waals surface area (Å²) in [6, 6.07) is 3.71. The van der Waals surface area contributed by atoms with E-state index in [9.17, 15) is 19.5 Å². The zero-order chi connectivity index (χ0) is 14.7. The monoisotopic (exact) mass is 280 g/mol. The first-order chi connectivity index (χ1) is 9.49. The van der Waals surface area contributed by atoms with E-state index in [4.69, 9.17) is 5.11 Å². The molecule has 108 valence electrons. The third-order valence-corrected chi connectivity index (χ3v) is 3.35. The number of carboxylic acid groups (broad SMARTS) is 1. The summed E-state index contributed by atoms with van der Waals surface area (Å²) in [5, 5.41) is 18.5. The summed E-state index contributed by atoms with van der Waals surface area (Å²) in [4.78, 5) is 35.7. The Morgan fingerprint density at radius 3 is 2.75 bits per heavy atom. The first-order valence-electron chi connectivity index (χ1n) is 6.35. The average Bonchev–Trinajstić information content (AvgIpc) is 2.80. The highest BCUT2D eigenvalue weighted by molar-refractivity contribution is 5.84. The zero-order valence-electron chi connectivity index (χ0n) is 10.8. The number of hydrogen-bond acceptors (Lipinski definition) is 4. The smallest absolute Gasteiger partial charge is 0.326 e. The van der Waals surface area contributed by atoms with E-state index in [2.05, 4.69) is 0 Å². The highest BCUT2D eigenvalue weighted by Gasteiger charge is 2.38. The Morgan fingerprint density at radius 2 is 2.10 bits per heavy atom. The first-order valence-corrected chi connectivity index (χ1v) is 6.35. The zero-order valence-corrected chi connectivity index (χ0v) is 10.8. The molecule has 0 aliphatic carbocycles. The van der Waals surface area contributed by atoms with Gasteiger partial charge in [-0.2, -0.15) is 0 Å². The van der Waals surface area contributed by atoms with Crippen LogP contribution in [0, 0.1) is 0 Å². The van der Waals surface area contributed by atoms with Crippen LogP contribution in [0.4, 0.5) is 0 Å². The second kappa shape index (κ2) is 5.87. The van der Waals surface area contributed by atoms with Crippen LogP contribution in [0.5, 0.6) is 0 Å². The van der Waals surface area contributed by atoms with Gasteiger partial charge in [-0.05, 0) is 6.07 Å². The van der Waals surface area contributed by atoms with Crippen LogP contribution in [0.3, 0.4) is 0 Å². The molecule has 1 aliphatic heterocycles. The molecule has 2 N–H and O–H groups in total. The number of carboxylic acids is 1. The number of carbonyl (C=O) groups excluding carboxylic acids is 1. The third-order valence-electron chi connectivity index (χ3n) is 3.35. The van der Waals surface area contributed by atoms with Gasteiger partial charge >= 0.3 is 5.97 Å². The Balaban J connectivity index is 2.00. The van der Waals surface area contributed by atoms with E-state index in [-0.39, 0.29) is 37.4 Å². The summed E-state index contributed by atoms with van der Waals surface area (Å²) in [5.74, 6) is -1.49. The van der Waals surface area contributed by atoms with Crippen molar-refractivity contribution in [1.82, 2.24) is 9.47 Å². The van der Waals surface area contributed by atoms with E-state index < -0.39 is 18.1 Å². The van der Waals surface area contributed by atoms with Gasteiger partial charge < -0.3 is 19.7 Å². The Bertz CT molecular complexity index is 568. The van der Waals surface area contributed by atoms with Gasteiger partial charge in [-0.1, -0.05) is 6.07 Å². The second-order valence-electron chi connectivity index (χ2n) is 4.77. The molecule has 1 aliphatic rings. The first kappa shape index (κ1) is 14.3.